The molecule has 0 aliphatic rings. The SMILES string of the molecule is CCOCCOC(=O)[C@@H](C)Oc1ccc2c(=O)c(Oc3cccc(C)c3)coc2c1. The number of carbonyl (C=O) groups is 1. The third kappa shape index (κ3) is 5.39. The molecule has 30 heavy (non-hydrogen) atoms. The summed E-state index contributed by atoms with van der Waals surface area (Å²) >= 11 is 0. The maximum Gasteiger partial charge on any atom is 0.347 e. The fourth-order valence-corrected chi connectivity index (χ4v) is 2.76. The van der Waals surface area contributed by atoms with Gasteiger partial charge in [-0.3, -0.25) is 4.79 Å². The highest BCUT2D eigenvalue weighted by atomic mass is 16.6. The number of fused-ring (bicyclic) bond motifs is 1. The molecule has 0 spiro atoms. The lowest BCUT2D eigenvalue weighted by atomic mass is 10.2. The average Bonchev–Trinajstić information content (AvgIpc) is 2.73. The van der Waals surface area contributed by atoms with Crippen molar-refractivity contribution in [3.63, 3.8) is 0 Å². The number of ether oxygens (including phenoxy) is 4. The largest absolute Gasteiger partial charge is 0.479 e. The van der Waals surface area contributed by atoms with Crippen LogP contribution in [0.25, 0.3) is 11.0 Å². The summed E-state index contributed by atoms with van der Waals surface area (Å²) < 4.78 is 27.1. The summed E-state index contributed by atoms with van der Waals surface area (Å²) in [5, 5.41) is 0.347. The van der Waals surface area contributed by atoms with Crippen LogP contribution in [0.1, 0.15) is 19.4 Å². The summed E-state index contributed by atoms with van der Waals surface area (Å²) in [4.78, 5) is 24.7. The van der Waals surface area contributed by atoms with Gasteiger partial charge in [0.05, 0.1) is 12.0 Å². The number of esters is 1. The van der Waals surface area contributed by atoms with Crippen LogP contribution in [-0.4, -0.2) is 31.9 Å². The van der Waals surface area contributed by atoms with Gasteiger partial charge in [0, 0.05) is 12.7 Å². The van der Waals surface area contributed by atoms with Gasteiger partial charge < -0.3 is 23.4 Å². The minimum absolute atomic E-state index is 0.0908. The number of hydrogen-bond donors (Lipinski definition) is 0. The van der Waals surface area contributed by atoms with Crippen molar-refractivity contribution in [3.05, 3.63) is 64.5 Å². The van der Waals surface area contributed by atoms with Crippen LogP contribution in [0.15, 0.2) is 57.9 Å². The summed E-state index contributed by atoms with van der Waals surface area (Å²) in [5.41, 5.74) is 1.05. The summed E-state index contributed by atoms with van der Waals surface area (Å²) in [7, 11) is 0. The van der Waals surface area contributed by atoms with E-state index in [1.165, 1.54) is 6.26 Å². The predicted octanol–water partition coefficient (Wildman–Crippen LogP) is 4.24. The molecule has 0 aliphatic heterocycles. The van der Waals surface area contributed by atoms with Crippen LogP contribution in [0.2, 0.25) is 0 Å². The second kappa shape index (κ2) is 9.93. The fraction of sp³-hybridized carbons (Fsp3) is 0.304. The van der Waals surface area contributed by atoms with E-state index in [1.54, 1.807) is 31.2 Å². The number of hydrogen-bond acceptors (Lipinski definition) is 7. The van der Waals surface area contributed by atoms with Crippen molar-refractivity contribution in [2.45, 2.75) is 26.9 Å². The van der Waals surface area contributed by atoms with Gasteiger partial charge in [0.2, 0.25) is 11.2 Å². The van der Waals surface area contributed by atoms with Crippen LogP contribution in [0.5, 0.6) is 17.2 Å². The zero-order chi connectivity index (χ0) is 21.5. The monoisotopic (exact) mass is 412 g/mol. The molecule has 7 nitrogen and oxygen atoms in total. The lowest BCUT2D eigenvalue weighted by Crippen LogP contribution is -2.27. The maximum atomic E-state index is 12.7. The first-order valence-corrected chi connectivity index (χ1v) is 9.69. The maximum absolute atomic E-state index is 12.7. The Morgan fingerprint density at radius 3 is 2.70 bits per heavy atom. The molecule has 1 heterocycles. The first-order chi connectivity index (χ1) is 14.5. The summed E-state index contributed by atoms with van der Waals surface area (Å²) in [5.74, 6) is 0.525. The van der Waals surface area contributed by atoms with E-state index >= 15 is 0 Å². The zero-order valence-electron chi connectivity index (χ0n) is 17.2. The van der Waals surface area contributed by atoms with Crippen LogP contribution < -0.4 is 14.9 Å². The summed E-state index contributed by atoms with van der Waals surface area (Å²) in [6.45, 7) is 6.45. The van der Waals surface area contributed by atoms with Crippen LogP contribution in [0.4, 0.5) is 0 Å². The quantitative estimate of drug-likeness (QED) is 0.384. The third-order valence-corrected chi connectivity index (χ3v) is 4.25. The van der Waals surface area contributed by atoms with E-state index in [-0.39, 0.29) is 17.8 Å². The van der Waals surface area contributed by atoms with Crippen molar-refractivity contribution in [1.29, 1.82) is 0 Å². The van der Waals surface area contributed by atoms with E-state index in [0.29, 0.717) is 35.7 Å². The van der Waals surface area contributed by atoms with Crippen LogP contribution in [0, 0.1) is 6.92 Å². The number of benzene rings is 2. The topological polar surface area (TPSA) is 84.2 Å². The molecule has 1 atom stereocenters. The number of aryl methyl sites for hydroxylation is 1. The molecule has 0 unspecified atom stereocenters. The van der Waals surface area contributed by atoms with Gasteiger partial charge in [-0.15, -0.1) is 0 Å². The molecule has 0 N–H and O–H groups in total. The molecule has 3 rings (SSSR count). The van der Waals surface area contributed by atoms with Crippen molar-refractivity contribution in [2.75, 3.05) is 19.8 Å². The first kappa shape index (κ1) is 21.4. The van der Waals surface area contributed by atoms with Gasteiger partial charge in [-0.05, 0) is 50.6 Å². The van der Waals surface area contributed by atoms with Gasteiger partial charge in [0.25, 0.3) is 0 Å². The molecule has 0 bridgehead atoms. The highest BCUT2D eigenvalue weighted by Gasteiger charge is 2.17. The van der Waals surface area contributed by atoms with Gasteiger partial charge in [-0.25, -0.2) is 4.79 Å². The Morgan fingerprint density at radius 2 is 1.93 bits per heavy atom. The summed E-state index contributed by atoms with van der Waals surface area (Å²) in [6, 6.07) is 12.1. The van der Waals surface area contributed by atoms with E-state index in [0.717, 1.165) is 5.56 Å². The highest BCUT2D eigenvalue weighted by Crippen LogP contribution is 2.25. The Hall–Kier alpha value is -3.32. The number of carbonyl (C=O) groups excluding carboxylic acids is 1. The molecule has 0 aliphatic carbocycles. The molecule has 158 valence electrons. The minimum Gasteiger partial charge on any atom is -0.479 e. The molecule has 2 aromatic carbocycles. The molecule has 1 aromatic heterocycles. The Bertz CT molecular complexity index is 1070. The van der Waals surface area contributed by atoms with Crippen molar-refractivity contribution in [2.24, 2.45) is 0 Å². The van der Waals surface area contributed by atoms with Crippen LogP contribution in [0.3, 0.4) is 0 Å². The number of rotatable bonds is 9. The molecular weight excluding hydrogens is 388 g/mol. The molecule has 0 radical (unpaired) electrons. The van der Waals surface area contributed by atoms with Gasteiger partial charge in [-0.2, -0.15) is 0 Å². The third-order valence-electron chi connectivity index (χ3n) is 4.25. The lowest BCUT2D eigenvalue weighted by Gasteiger charge is -2.14. The Morgan fingerprint density at radius 1 is 1.10 bits per heavy atom. The Kier molecular flexibility index (Phi) is 7.08. The van der Waals surface area contributed by atoms with E-state index < -0.39 is 12.1 Å². The van der Waals surface area contributed by atoms with Crippen molar-refractivity contribution < 1.29 is 28.2 Å². The Labute approximate surface area is 174 Å². The summed E-state index contributed by atoms with van der Waals surface area (Å²) in [6.07, 6.45) is 0.446. The van der Waals surface area contributed by atoms with Gasteiger partial charge in [0.15, 0.2) is 6.10 Å². The van der Waals surface area contributed by atoms with E-state index in [9.17, 15) is 9.59 Å². The van der Waals surface area contributed by atoms with Gasteiger partial charge in [0.1, 0.15) is 30.0 Å². The first-order valence-electron chi connectivity index (χ1n) is 9.69. The van der Waals surface area contributed by atoms with Crippen molar-refractivity contribution >= 4 is 16.9 Å². The van der Waals surface area contributed by atoms with E-state index in [1.807, 2.05) is 32.0 Å². The standard InChI is InChI=1S/C23H24O7/c1-4-26-10-11-27-23(25)16(3)29-18-8-9-19-20(13-18)28-14-21(22(19)24)30-17-7-5-6-15(2)12-17/h5-9,12-14,16H,4,10-11H2,1-3H3/t16-/m1/s1. The van der Waals surface area contributed by atoms with E-state index in [4.69, 9.17) is 23.4 Å². The van der Waals surface area contributed by atoms with E-state index in [2.05, 4.69) is 0 Å². The predicted molar refractivity (Wildman–Crippen MR) is 111 cm³/mol. The van der Waals surface area contributed by atoms with Crippen LogP contribution in [-0.2, 0) is 14.3 Å². The normalized spacial score (nSPS) is 11.8. The second-order valence-corrected chi connectivity index (χ2v) is 6.63. The minimum atomic E-state index is -0.820. The zero-order valence-corrected chi connectivity index (χ0v) is 17.2. The molecule has 3 aromatic rings. The van der Waals surface area contributed by atoms with Crippen LogP contribution >= 0.6 is 0 Å². The van der Waals surface area contributed by atoms with Crippen molar-refractivity contribution in [3.8, 4) is 17.2 Å². The van der Waals surface area contributed by atoms with Crippen molar-refractivity contribution in [1.82, 2.24) is 0 Å². The van der Waals surface area contributed by atoms with Gasteiger partial charge in [-0.1, -0.05) is 12.1 Å². The highest BCUT2D eigenvalue weighted by molar-refractivity contribution is 5.79. The molecule has 0 amide bonds. The smallest absolute Gasteiger partial charge is 0.347 e. The molecule has 7 heteroatoms. The second-order valence-electron chi connectivity index (χ2n) is 6.63. The lowest BCUT2D eigenvalue weighted by molar-refractivity contribution is -0.152. The fourth-order valence-electron chi connectivity index (χ4n) is 2.76. The molecule has 0 saturated carbocycles. The Balaban J connectivity index is 1.71. The molecular formula is C23H24O7. The average molecular weight is 412 g/mol. The molecule has 0 saturated heterocycles. The molecule has 0 fully saturated rings. The van der Waals surface area contributed by atoms with Gasteiger partial charge >= 0.3 is 5.97 Å².